The van der Waals surface area contributed by atoms with E-state index in [1.807, 2.05) is 32.3 Å². The van der Waals surface area contributed by atoms with Crippen LogP contribution in [-0.4, -0.2) is 45.1 Å². The molecule has 0 unspecified atom stereocenters. The van der Waals surface area contributed by atoms with Crippen LogP contribution in [0.3, 0.4) is 0 Å². The number of nitrogens with one attached hydrogen (secondary N) is 2. The van der Waals surface area contributed by atoms with Gasteiger partial charge in [-0.15, -0.1) is 0 Å². The predicted molar refractivity (Wildman–Crippen MR) is 177 cm³/mol. The standard InChI is InChI=1S/C35H46FN5/c1-10-26-13-12-14-27(11-2)34(26)41(9)35(30-19-25(6)32(36)33-29(30)16-18-40-33)31(24(5)15-17-37-7)22-39-21-28(20-38-8)23(3)4/h12-14,16,18-21,23,37,40H,5,8,10-11,15,17,22H2,1-4,6-7,9H3/b28-20+,35-31-,39-21?. The lowest BCUT2D eigenvalue weighted by Gasteiger charge is -2.31. The van der Waals surface area contributed by atoms with Gasteiger partial charge in [0.1, 0.15) is 5.82 Å². The Morgan fingerprint density at radius 1 is 1.17 bits per heavy atom. The van der Waals surface area contributed by atoms with Crippen LogP contribution < -0.4 is 10.2 Å². The normalized spacial score (nSPS) is 12.9. The lowest BCUT2D eigenvalue weighted by Crippen LogP contribution is -2.23. The maximum atomic E-state index is 15.3. The number of aliphatic imine (C=N–C) groups is 2. The van der Waals surface area contributed by atoms with E-state index in [9.17, 15) is 0 Å². The van der Waals surface area contributed by atoms with Crippen molar-refractivity contribution >= 4 is 35.2 Å². The van der Waals surface area contributed by atoms with E-state index in [0.29, 0.717) is 17.6 Å². The molecule has 0 radical (unpaired) electrons. The highest BCUT2D eigenvalue weighted by molar-refractivity contribution is 5.99. The van der Waals surface area contributed by atoms with Crippen molar-refractivity contribution in [1.82, 2.24) is 10.3 Å². The Bertz CT molecular complexity index is 1450. The number of fused-ring (bicyclic) bond motifs is 1. The van der Waals surface area contributed by atoms with Crippen molar-refractivity contribution in [3.05, 3.63) is 94.1 Å². The smallest absolute Gasteiger partial charge is 0.150 e. The van der Waals surface area contributed by atoms with Gasteiger partial charge in [0.05, 0.1) is 17.8 Å². The van der Waals surface area contributed by atoms with Crippen molar-refractivity contribution in [3.8, 4) is 0 Å². The molecule has 0 aliphatic rings. The number of H-pyrrole nitrogens is 1. The number of allylic oxidation sites excluding steroid dienone is 1. The van der Waals surface area contributed by atoms with Gasteiger partial charge in [-0.2, -0.15) is 0 Å². The van der Waals surface area contributed by atoms with Crippen LogP contribution in [0.2, 0.25) is 0 Å². The summed E-state index contributed by atoms with van der Waals surface area (Å²) < 4.78 is 15.3. The highest BCUT2D eigenvalue weighted by atomic mass is 19.1. The van der Waals surface area contributed by atoms with Crippen LogP contribution in [-0.2, 0) is 12.8 Å². The van der Waals surface area contributed by atoms with Crippen LogP contribution in [0.5, 0.6) is 0 Å². The Labute approximate surface area is 245 Å². The average Bonchev–Trinajstić information content (AvgIpc) is 3.46. The molecule has 0 fully saturated rings. The van der Waals surface area contributed by atoms with E-state index in [4.69, 9.17) is 4.99 Å². The molecule has 0 bridgehead atoms. The lowest BCUT2D eigenvalue weighted by molar-refractivity contribution is 0.628. The zero-order valence-corrected chi connectivity index (χ0v) is 25.9. The molecular weight excluding hydrogens is 509 g/mol. The number of benzene rings is 2. The second kappa shape index (κ2) is 14.7. The predicted octanol–water partition coefficient (Wildman–Crippen LogP) is 8.06. The maximum Gasteiger partial charge on any atom is 0.150 e. The van der Waals surface area contributed by atoms with Crippen molar-refractivity contribution in [2.75, 3.05) is 32.1 Å². The molecule has 2 N–H and O–H groups in total. The number of halogens is 1. The largest absolute Gasteiger partial charge is 0.359 e. The molecule has 0 saturated carbocycles. The molecule has 0 aliphatic carbocycles. The molecule has 0 aliphatic heterocycles. The van der Waals surface area contributed by atoms with Crippen molar-refractivity contribution in [2.45, 2.75) is 53.9 Å². The molecule has 3 rings (SSSR count). The van der Waals surface area contributed by atoms with E-state index in [-0.39, 0.29) is 11.7 Å². The molecule has 0 saturated heterocycles. The quantitative estimate of drug-likeness (QED) is 0.156. The molecule has 2 aromatic carbocycles. The average molecular weight is 556 g/mol. The second-order valence-corrected chi connectivity index (χ2v) is 10.7. The maximum absolute atomic E-state index is 15.3. The summed E-state index contributed by atoms with van der Waals surface area (Å²) in [5.41, 5.74) is 9.77. The van der Waals surface area contributed by atoms with Gasteiger partial charge in [0.25, 0.3) is 0 Å². The second-order valence-electron chi connectivity index (χ2n) is 10.7. The fraction of sp³-hybridized carbons (Fsp3) is 0.371. The fourth-order valence-corrected chi connectivity index (χ4v) is 5.29. The van der Waals surface area contributed by atoms with E-state index in [2.05, 4.69) is 86.4 Å². The minimum absolute atomic E-state index is 0.226. The summed E-state index contributed by atoms with van der Waals surface area (Å²) in [6.45, 7) is 19.8. The van der Waals surface area contributed by atoms with Crippen LogP contribution >= 0.6 is 0 Å². The van der Waals surface area contributed by atoms with Gasteiger partial charge in [0.2, 0.25) is 0 Å². The number of hydrogen-bond donors (Lipinski definition) is 2. The van der Waals surface area contributed by atoms with Crippen LogP contribution in [0.4, 0.5) is 10.1 Å². The first-order chi connectivity index (χ1) is 19.7. The Morgan fingerprint density at radius 3 is 2.44 bits per heavy atom. The number of anilines is 1. The first-order valence-electron chi connectivity index (χ1n) is 14.5. The van der Waals surface area contributed by atoms with Crippen LogP contribution in [0, 0.1) is 18.7 Å². The first kappa shape index (κ1) is 31.8. The third-order valence-corrected chi connectivity index (χ3v) is 7.64. The summed E-state index contributed by atoms with van der Waals surface area (Å²) in [5, 5.41) is 4.10. The number of aryl methyl sites for hydroxylation is 3. The molecule has 0 amide bonds. The topological polar surface area (TPSA) is 55.8 Å². The first-order valence-corrected chi connectivity index (χ1v) is 14.5. The van der Waals surface area contributed by atoms with Crippen molar-refractivity contribution in [1.29, 1.82) is 0 Å². The minimum atomic E-state index is -0.226. The fourth-order valence-electron chi connectivity index (χ4n) is 5.29. The third kappa shape index (κ3) is 7.12. The van der Waals surface area contributed by atoms with E-state index in [1.165, 1.54) is 16.8 Å². The highest BCUT2D eigenvalue weighted by Gasteiger charge is 2.24. The van der Waals surface area contributed by atoms with E-state index < -0.39 is 0 Å². The van der Waals surface area contributed by atoms with Gasteiger partial charge in [0, 0.05) is 47.9 Å². The molecular formula is C35H46FN5. The van der Waals surface area contributed by atoms with Gasteiger partial charge in [-0.05, 0) is 92.4 Å². The van der Waals surface area contributed by atoms with Gasteiger partial charge < -0.3 is 15.2 Å². The minimum Gasteiger partial charge on any atom is -0.359 e. The van der Waals surface area contributed by atoms with E-state index in [1.54, 1.807) is 12.4 Å². The van der Waals surface area contributed by atoms with Gasteiger partial charge >= 0.3 is 0 Å². The molecule has 5 nitrogen and oxygen atoms in total. The molecule has 0 atom stereocenters. The number of aromatic nitrogens is 1. The summed E-state index contributed by atoms with van der Waals surface area (Å²) >= 11 is 0. The van der Waals surface area contributed by atoms with Crippen molar-refractivity contribution in [3.63, 3.8) is 0 Å². The van der Waals surface area contributed by atoms with Crippen LogP contribution in [0.25, 0.3) is 16.6 Å². The van der Waals surface area contributed by atoms with Crippen LogP contribution in [0.15, 0.2) is 76.0 Å². The SMILES string of the molecule is C=N/C=C(\C=NC/C(C(=C)CCNC)=C(\c1cc(C)c(F)c2[nH]ccc12)N(C)c1c(CC)cccc1CC)C(C)C. The Kier molecular flexibility index (Phi) is 11.4. The van der Waals surface area contributed by atoms with E-state index in [0.717, 1.165) is 59.2 Å². The Balaban J connectivity index is 2.41. The zero-order valence-electron chi connectivity index (χ0n) is 25.9. The third-order valence-electron chi connectivity index (χ3n) is 7.64. The van der Waals surface area contributed by atoms with Gasteiger partial charge in [-0.25, -0.2) is 4.39 Å². The summed E-state index contributed by atoms with van der Waals surface area (Å²) in [7, 11) is 4.07. The lowest BCUT2D eigenvalue weighted by atomic mass is 9.92. The summed E-state index contributed by atoms with van der Waals surface area (Å²) in [4.78, 5) is 14.3. The summed E-state index contributed by atoms with van der Waals surface area (Å²) in [5.74, 6) is 0.0327. The monoisotopic (exact) mass is 555 g/mol. The number of nitrogens with zero attached hydrogens (tertiary/aromatic N) is 3. The Morgan fingerprint density at radius 2 is 1.85 bits per heavy atom. The molecule has 6 heteroatoms. The molecule has 0 spiro atoms. The molecule has 3 aromatic rings. The van der Waals surface area contributed by atoms with Gasteiger partial charge in [-0.1, -0.05) is 52.5 Å². The Hall–Kier alpha value is -3.77. The molecule has 1 aromatic heterocycles. The molecule has 218 valence electrons. The van der Waals surface area contributed by atoms with Crippen molar-refractivity contribution < 1.29 is 4.39 Å². The van der Waals surface area contributed by atoms with Crippen molar-refractivity contribution in [2.24, 2.45) is 15.9 Å². The molecule has 1 heterocycles. The molecule has 41 heavy (non-hydrogen) atoms. The van der Waals surface area contributed by atoms with Gasteiger partial charge in [-0.3, -0.25) is 9.98 Å². The number of hydrogen-bond acceptors (Lipinski definition) is 4. The number of para-hydroxylation sites is 1. The number of aromatic amines is 1. The van der Waals surface area contributed by atoms with E-state index >= 15 is 4.39 Å². The van der Waals surface area contributed by atoms with Gasteiger partial charge in [0.15, 0.2) is 0 Å². The summed E-state index contributed by atoms with van der Waals surface area (Å²) in [6, 6.07) is 10.4. The summed E-state index contributed by atoms with van der Waals surface area (Å²) in [6.07, 6.45) is 8.01. The van der Waals surface area contributed by atoms with Crippen LogP contribution in [0.1, 0.15) is 56.4 Å². The number of rotatable bonds is 14. The zero-order chi connectivity index (χ0) is 30.1. The highest BCUT2D eigenvalue weighted by Crippen LogP contribution is 2.39.